The van der Waals surface area contributed by atoms with E-state index in [0.29, 0.717) is 12.2 Å². The van der Waals surface area contributed by atoms with Gasteiger partial charge in [0.1, 0.15) is 11.6 Å². The van der Waals surface area contributed by atoms with Crippen LogP contribution >= 0.6 is 0 Å². The Morgan fingerprint density at radius 1 is 1.29 bits per heavy atom. The van der Waals surface area contributed by atoms with Gasteiger partial charge >= 0.3 is 0 Å². The van der Waals surface area contributed by atoms with Crippen molar-refractivity contribution in [3.8, 4) is 5.75 Å². The smallest absolute Gasteiger partial charge is 0.274 e. The number of hydrogen-bond donors (Lipinski definition) is 1. The third-order valence-electron chi connectivity index (χ3n) is 3.05. The highest BCUT2D eigenvalue weighted by molar-refractivity contribution is 5.52. The van der Waals surface area contributed by atoms with E-state index >= 15 is 0 Å². The average molecular weight is 290 g/mol. The van der Waals surface area contributed by atoms with E-state index in [1.807, 2.05) is 25.1 Å². The number of non-ortho nitro benzene ring substituents is 1. The Bertz CT molecular complexity index is 674. The summed E-state index contributed by atoms with van der Waals surface area (Å²) in [6.45, 7) is 2.36. The third kappa shape index (κ3) is 3.68. The van der Waals surface area contributed by atoms with Crippen LogP contribution < -0.4 is 10.1 Å². The van der Waals surface area contributed by atoms with Gasteiger partial charge in [0.05, 0.1) is 18.1 Å². The molecule has 0 saturated carbocycles. The molecule has 0 unspecified atom stereocenters. The number of nitro groups is 1. The number of benzene rings is 2. The van der Waals surface area contributed by atoms with Gasteiger partial charge in [-0.3, -0.25) is 10.1 Å². The van der Waals surface area contributed by atoms with E-state index in [9.17, 15) is 14.5 Å². The van der Waals surface area contributed by atoms with E-state index < -0.39 is 10.7 Å². The lowest BCUT2D eigenvalue weighted by molar-refractivity contribution is -0.385. The fraction of sp³-hybridized carbons (Fsp3) is 0.200. The van der Waals surface area contributed by atoms with E-state index in [0.717, 1.165) is 22.9 Å². The molecule has 2 rings (SSSR count). The molecule has 110 valence electrons. The van der Waals surface area contributed by atoms with Gasteiger partial charge in [-0.25, -0.2) is 4.39 Å². The highest BCUT2D eigenvalue weighted by Gasteiger charge is 2.09. The Hall–Kier alpha value is -2.63. The third-order valence-corrected chi connectivity index (χ3v) is 3.05. The summed E-state index contributed by atoms with van der Waals surface area (Å²) >= 11 is 0. The van der Waals surface area contributed by atoms with Crippen LogP contribution in [-0.2, 0) is 6.54 Å². The van der Waals surface area contributed by atoms with Crippen molar-refractivity contribution in [2.24, 2.45) is 0 Å². The largest absolute Gasteiger partial charge is 0.496 e. The lowest BCUT2D eigenvalue weighted by atomic mass is 10.1. The van der Waals surface area contributed by atoms with Gasteiger partial charge in [0.2, 0.25) is 0 Å². The van der Waals surface area contributed by atoms with E-state index in [1.165, 1.54) is 12.1 Å². The molecule has 0 fully saturated rings. The van der Waals surface area contributed by atoms with Gasteiger partial charge in [-0.05, 0) is 30.2 Å². The molecule has 0 aliphatic heterocycles. The molecule has 0 radical (unpaired) electrons. The van der Waals surface area contributed by atoms with Crippen LogP contribution in [0.4, 0.5) is 15.8 Å². The van der Waals surface area contributed by atoms with Crippen LogP contribution in [0, 0.1) is 22.9 Å². The van der Waals surface area contributed by atoms with E-state index in [2.05, 4.69) is 5.32 Å². The molecule has 21 heavy (non-hydrogen) atoms. The molecule has 5 nitrogen and oxygen atoms in total. The molecule has 0 atom stereocenters. The topological polar surface area (TPSA) is 64.4 Å². The molecule has 0 aliphatic carbocycles. The fourth-order valence-electron chi connectivity index (χ4n) is 2.04. The molecule has 0 saturated heterocycles. The Morgan fingerprint density at radius 3 is 2.67 bits per heavy atom. The molecule has 1 N–H and O–H groups in total. The standard InChI is InChI=1S/C15H15FN2O3/c1-10-5-11(3-4-15(10)21-2)9-17-13-6-12(16)7-14(8-13)18(19)20/h3-8,17H,9H2,1-2H3. The second kappa shape index (κ2) is 6.21. The lowest BCUT2D eigenvalue weighted by Crippen LogP contribution is -2.01. The van der Waals surface area contributed by atoms with Crippen LogP contribution in [0.2, 0.25) is 0 Å². The quantitative estimate of drug-likeness (QED) is 0.674. The molecular formula is C15H15FN2O3. The Balaban J connectivity index is 2.12. The Kier molecular flexibility index (Phi) is 4.37. The minimum atomic E-state index is -0.641. The first-order chi connectivity index (χ1) is 9.99. The number of aryl methyl sites for hydroxylation is 1. The number of anilines is 1. The molecule has 2 aromatic carbocycles. The lowest BCUT2D eigenvalue weighted by Gasteiger charge is -2.09. The summed E-state index contributed by atoms with van der Waals surface area (Å²) in [6.07, 6.45) is 0. The zero-order valence-electron chi connectivity index (χ0n) is 11.7. The minimum absolute atomic E-state index is 0.275. The maximum Gasteiger partial charge on any atom is 0.274 e. The van der Waals surface area contributed by atoms with E-state index in [4.69, 9.17) is 4.74 Å². The van der Waals surface area contributed by atoms with Gasteiger partial charge in [-0.1, -0.05) is 12.1 Å². The monoisotopic (exact) mass is 290 g/mol. The van der Waals surface area contributed by atoms with Crippen molar-refractivity contribution >= 4 is 11.4 Å². The highest BCUT2D eigenvalue weighted by atomic mass is 19.1. The number of ether oxygens (including phenoxy) is 1. The van der Waals surface area contributed by atoms with Gasteiger partial charge in [0.15, 0.2) is 0 Å². The molecule has 6 heteroatoms. The summed E-state index contributed by atoms with van der Waals surface area (Å²) in [5.74, 6) is 0.151. The zero-order valence-corrected chi connectivity index (χ0v) is 11.7. The number of rotatable bonds is 5. The first-order valence-electron chi connectivity index (χ1n) is 6.32. The summed E-state index contributed by atoms with van der Waals surface area (Å²) in [7, 11) is 1.60. The predicted molar refractivity (Wildman–Crippen MR) is 78.1 cm³/mol. The van der Waals surface area contributed by atoms with Gasteiger partial charge in [0.25, 0.3) is 5.69 Å². The van der Waals surface area contributed by atoms with Crippen LogP contribution in [0.25, 0.3) is 0 Å². The fourth-order valence-corrected chi connectivity index (χ4v) is 2.04. The predicted octanol–water partition coefficient (Wildman–Crippen LogP) is 3.66. The van der Waals surface area contributed by atoms with Gasteiger partial charge < -0.3 is 10.1 Å². The van der Waals surface area contributed by atoms with Crippen LogP contribution in [0.15, 0.2) is 36.4 Å². The first kappa shape index (κ1) is 14.8. The Morgan fingerprint density at radius 2 is 2.05 bits per heavy atom. The van der Waals surface area contributed by atoms with E-state index in [-0.39, 0.29) is 5.69 Å². The summed E-state index contributed by atoms with van der Waals surface area (Å²) < 4.78 is 18.5. The Labute approximate surface area is 121 Å². The molecule has 0 bridgehead atoms. The zero-order chi connectivity index (χ0) is 15.4. The second-order valence-electron chi connectivity index (χ2n) is 4.61. The maximum atomic E-state index is 13.3. The van der Waals surface area contributed by atoms with E-state index in [1.54, 1.807) is 7.11 Å². The molecule has 0 amide bonds. The van der Waals surface area contributed by atoms with Crippen molar-refractivity contribution < 1.29 is 14.1 Å². The van der Waals surface area contributed by atoms with Crippen LogP contribution in [0.1, 0.15) is 11.1 Å². The molecule has 0 heterocycles. The average Bonchev–Trinajstić information content (AvgIpc) is 2.44. The van der Waals surface area contributed by atoms with Crippen LogP contribution in [0.3, 0.4) is 0 Å². The minimum Gasteiger partial charge on any atom is -0.496 e. The van der Waals surface area contributed by atoms with Crippen molar-refractivity contribution in [1.29, 1.82) is 0 Å². The SMILES string of the molecule is COc1ccc(CNc2cc(F)cc([N+](=O)[O-])c2)cc1C. The molecular weight excluding hydrogens is 275 g/mol. The summed E-state index contributed by atoms with van der Waals surface area (Å²) in [5.41, 5.74) is 2.06. The normalized spacial score (nSPS) is 10.2. The van der Waals surface area contributed by atoms with Gasteiger partial charge in [0, 0.05) is 18.3 Å². The summed E-state index contributed by atoms with van der Waals surface area (Å²) in [4.78, 5) is 10.1. The highest BCUT2D eigenvalue weighted by Crippen LogP contribution is 2.22. The number of halogens is 1. The van der Waals surface area contributed by atoms with Gasteiger partial charge in [-0.2, -0.15) is 0 Å². The molecule has 0 spiro atoms. The van der Waals surface area contributed by atoms with Crippen LogP contribution in [-0.4, -0.2) is 12.0 Å². The molecule has 2 aromatic rings. The number of methoxy groups -OCH3 is 1. The van der Waals surface area contributed by atoms with Gasteiger partial charge in [-0.15, -0.1) is 0 Å². The van der Waals surface area contributed by atoms with Crippen molar-refractivity contribution in [1.82, 2.24) is 0 Å². The molecule has 0 aliphatic rings. The summed E-state index contributed by atoms with van der Waals surface area (Å²) in [5, 5.41) is 13.7. The van der Waals surface area contributed by atoms with Crippen molar-refractivity contribution in [3.05, 3.63) is 63.5 Å². The van der Waals surface area contributed by atoms with Crippen LogP contribution in [0.5, 0.6) is 5.75 Å². The second-order valence-corrected chi connectivity index (χ2v) is 4.61. The molecule has 0 aromatic heterocycles. The number of nitrogens with zero attached hydrogens (tertiary/aromatic N) is 1. The maximum absolute atomic E-state index is 13.3. The number of hydrogen-bond acceptors (Lipinski definition) is 4. The number of nitrogens with one attached hydrogen (secondary N) is 1. The van der Waals surface area contributed by atoms with Crippen molar-refractivity contribution in [2.75, 3.05) is 12.4 Å². The van der Waals surface area contributed by atoms with Crippen molar-refractivity contribution in [2.45, 2.75) is 13.5 Å². The first-order valence-corrected chi connectivity index (χ1v) is 6.32. The number of nitro benzene ring substituents is 1. The summed E-state index contributed by atoms with van der Waals surface area (Å²) in [6, 6.07) is 9.10. The van der Waals surface area contributed by atoms with Crippen molar-refractivity contribution in [3.63, 3.8) is 0 Å².